The van der Waals surface area contributed by atoms with Gasteiger partial charge in [0, 0.05) is 5.75 Å². The van der Waals surface area contributed by atoms with Crippen molar-refractivity contribution >= 4 is 17.7 Å². The van der Waals surface area contributed by atoms with Gasteiger partial charge in [-0.05, 0) is 49.0 Å². The minimum absolute atomic E-state index is 0.129. The molecular weight excluding hydrogens is 270 g/mol. The molecule has 0 bridgehead atoms. The minimum atomic E-state index is -0.983. The van der Waals surface area contributed by atoms with Gasteiger partial charge in [-0.15, -0.1) is 0 Å². The molecule has 0 heterocycles. The first-order valence-electron chi connectivity index (χ1n) is 7.18. The summed E-state index contributed by atoms with van der Waals surface area (Å²) >= 11 is 1.87. The van der Waals surface area contributed by atoms with Crippen LogP contribution in [0.1, 0.15) is 36.8 Å². The van der Waals surface area contributed by atoms with Crippen LogP contribution in [0.15, 0.2) is 24.3 Å². The highest BCUT2D eigenvalue weighted by Gasteiger charge is 2.45. The smallest absolute Gasteiger partial charge is 0.323 e. The SMILES string of the molecule is Cc1ccccc1CSCCC1CCCC1(N)C(=O)O. The topological polar surface area (TPSA) is 63.3 Å². The van der Waals surface area contributed by atoms with E-state index in [1.165, 1.54) is 11.1 Å². The quantitative estimate of drug-likeness (QED) is 0.791. The van der Waals surface area contributed by atoms with Gasteiger partial charge in [-0.2, -0.15) is 11.8 Å². The third-order valence-electron chi connectivity index (χ3n) is 4.40. The van der Waals surface area contributed by atoms with Crippen molar-refractivity contribution in [1.82, 2.24) is 0 Å². The Kier molecular flexibility index (Phi) is 5.11. The Labute approximate surface area is 124 Å². The summed E-state index contributed by atoms with van der Waals surface area (Å²) in [5.74, 6) is 1.27. The molecule has 1 aliphatic rings. The van der Waals surface area contributed by atoms with Crippen molar-refractivity contribution in [3.63, 3.8) is 0 Å². The molecule has 0 aromatic heterocycles. The number of carboxylic acid groups (broad SMARTS) is 1. The van der Waals surface area contributed by atoms with Crippen molar-refractivity contribution < 1.29 is 9.90 Å². The number of thioether (sulfide) groups is 1. The van der Waals surface area contributed by atoms with E-state index in [1.54, 1.807) is 0 Å². The van der Waals surface area contributed by atoms with Gasteiger partial charge in [0.25, 0.3) is 0 Å². The number of rotatable bonds is 6. The van der Waals surface area contributed by atoms with Gasteiger partial charge in [-0.1, -0.05) is 30.7 Å². The molecule has 3 nitrogen and oxygen atoms in total. The van der Waals surface area contributed by atoms with Crippen LogP contribution < -0.4 is 5.73 Å². The maximum atomic E-state index is 11.3. The standard InChI is InChI=1S/C16H23NO2S/c1-12-5-2-3-6-13(12)11-20-10-8-14-7-4-9-16(14,17)15(18)19/h2-3,5-6,14H,4,7-11,17H2,1H3,(H,18,19). The largest absolute Gasteiger partial charge is 0.480 e. The fourth-order valence-electron chi connectivity index (χ4n) is 2.97. The Balaban J connectivity index is 1.79. The molecule has 0 radical (unpaired) electrons. The summed E-state index contributed by atoms with van der Waals surface area (Å²) in [6.07, 6.45) is 3.42. The molecule has 1 fully saturated rings. The van der Waals surface area contributed by atoms with Crippen LogP contribution in [-0.2, 0) is 10.5 Å². The van der Waals surface area contributed by atoms with E-state index >= 15 is 0 Å². The van der Waals surface area contributed by atoms with Crippen LogP contribution in [0.5, 0.6) is 0 Å². The van der Waals surface area contributed by atoms with Crippen LogP contribution in [-0.4, -0.2) is 22.4 Å². The molecule has 4 heteroatoms. The van der Waals surface area contributed by atoms with Gasteiger partial charge in [-0.3, -0.25) is 4.79 Å². The molecule has 20 heavy (non-hydrogen) atoms. The third-order valence-corrected chi connectivity index (χ3v) is 5.44. The van der Waals surface area contributed by atoms with Gasteiger partial charge in [-0.25, -0.2) is 0 Å². The molecule has 0 spiro atoms. The van der Waals surface area contributed by atoms with E-state index in [4.69, 9.17) is 5.73 Å². The van der Waals surface area contributed by atoms with Gasteiger partial charge in [0.1, 0.15) is 5.54 Å². The van der Waals surface area contributed by atoms with Crippen LogP contribution in [0, 0.1) is 12.8 Å². The van der Waals surface area contributed by atoms with Crippen molar-refractivity contribution in [3.05, 3.63) is 35.4 Å². The molecule has 1 aromatic rings. The third kappa shape index (κ3) is 3.36. The number of carbonyl (C=O) groups is 1. The van der Waals surface area contributed by atoms with E-state index in [2.05, 4.69) is 31.2 Å². The zero-order chi connectivity index (χ0) is 14.6. The van der Waals surface area contributed by atoms with Crippen molar-refractivity contribution in [1.29, 1.82) is 0 Å². The Morgan fingerprint density at radius 3 is 2.95 bits per heavy atom. The molecule has 1 saturated carbocycles. The van der Waals surface area contributed by atoms with E-state index < -0.39 is 11.5 Å². The molecule has 0 aliphatic heterocycles. The van der Waals surface area contributed by atoms with E-state index in [9.17, 15) is 9.90 Å². The van der Waals surface area contributed by atoms with Crippen molar-refractivity contribution in [2.45, 2.75) is 43.9 Å². The minimum Gasteiger partial charge on any atom is -0.480 e. The molecule has 0 saturated heterocycles. The zero-order valence-corrected chi connectivity index (χ0v) is 12.8. The van der Waals surface area contributed by atoms with Crippen LogP contribution in [0.25, 0.3) is 0 Å². The lowest BCUT2D eigenvalue weighted by Gasteiger charge is -2.26. The number of benzene rings is 1. The number of aliphatic carboxylic acids is 1. The molecule has 1 aliphatic carbocycles. The number of hydrogen-bond donors (Lipinski definition) is 2. The highest BCUT2D eigenvalue weighted by atomic mass is 32.2. The van der Waals surface area contributed by atoms with Crippen LogP contribution in [0.2, 0.25) is 0 Å². The van der Waals surface area contributed by atoms with Gasteiger partial charge in [0.05, 0.1) is 0 Å². The Morgan fingerprint density at radius 1 is 1.50 bits per heavy atom. The Morgan fingerprint density at radius 2 is 2.25 bits per heavy atom. The summed E-state index contributed by atoms with van der Waals surface area (Å²) in [5, 5.41) is 9.28. The Bertz CT molecular complexity index is 477. The molecule has 0 amide bonds. The van der Waals surface area contributed by atoms with Gasteiger partial charge >= 0.3 is 5.97 Å². The first-order valence-corrected chi connectivity index (χ1v) is 8.34. The lowest BCUT2D eigenvalue weighted by molar-refractivity contribution is -0.144. The highest BCUT2D eigenvalue weighted by Crippen LogP contribution is 2.37. The molecule has 2 atom stereocenters. The van der Waals surface area contributed by atoms with Gasteiger partial charge in [0.2, 0.25) is 0 Å². The molecule has 1 aromatic carbocycles. The lowest BCUT2D eigenvalue weighted by atomic mass is 9.86. The maximum Gasteiger partial charge on any atom is 0.323 e. The molecule has 2 rings (SSSR count). The second-order valence-electron chi connectivity index (χ2n) is 5.70. The van der Waals surface area contributed by atoms with Gasteiger partial charge in [0.15, 0.2) is 0 Å². The van der Waals surface area contributed by atoms with E-state index in [1.807, 2.05) is 11.8 Å². The summed E-state index contributed by atoms with van der Waals surface area (Å²) in [6, 6.07) is 8.40. The van der Waals surface area contributed by atoms with Crippen LogP contribution >= 0.6 is 11.8 Å². The summed E-state index contributed by atoms with van der Waals surface area (Å²) in [7, 11) is 0. The first kappa shape index (κ1) is 15.4. The van der Waals surface area contributed by atoms with E-state index in [-0.39, 0.29) is 5.92 Å². The van der Waals surface area contributed by atoms with Crippen LogP contribution in [0.3, 0.4) is 0 Å². The summed E-state index contributed by atoms with van der Waals surface area (Å²) < 4.78 is 0. The van der Waals surface area contributed by atoms with Crippen molar-refractivity contribution in [3.8, 4) is 0 Å². The molecule has 2 unspecified atom stereocenters. The number of hydrogen-bond acceptors (Lipinski definition) is 3. The van der Waals surface area contributed by atoms with Crippen LogP contribution in [0.4, 0.5) is 0 Å². The zero-order valence-electron chi connectivity index (χ0n) is 12.0. The number of carboxylic acids is 1. The average Bonchev–Trinajstić information content (AvgIpc) is 2.79. The molecular formula is C16H23NO2S. The second-order valence-corrected chi connectivity index (χ2v) is 6.81. The highest BCUT2D eigenvalue weighted by molar-refractivity contribution is 7.98. The average molecular weight is 293 g/mol. The first-order chi connectivity index (χ1) is 9.54. The second kappa shape index (κ2) is 6.64. The maximum absolute atomic E-state index is 11.3. The van der Waals surface area contributed by atoms with E-state index in [0.29, 0.717) is 6.42 Å². The fourth-order valence-corrected chi connectivity index (χ4v) is 4.11. The monoisotopic (exact) mass is 293 g/mol. The van der Waals surface area contributed by atoms with E-state index in [0.717, 1.165) is 30.8 Å². The Hall–Kier alpha value is -1.00. The summed E-state index contributed by atoms with van der Waals surface area (Å²) in [6.45, 7) is 2.13. The summed E-state index contributed by atoms with van der Waals surface area (Å²) in [5.41, 5.74) is 7.75. The fraction of sp³-hybridized carbons (Fsp3) is 0.562. The summed E-state index contributed by atoms with van der Waals surface area (Å²) in [4.78, 5) is 11.3. The predicted octanol–water partition coefficient (Wildman–Crippen LogP) is 3.20. The lowest BCUT2D eigenvalue weighted by Crippen LogP contribution is -2.51. The van der Waals surface area contributed by atoms with Gasteiger partial charge < -0.3 is 10.8 Å². The number of nitrogens with two attached hydrogens (primary N) is 1. The number of aryl methyl sites for hydroxylation is 1. The molecule has 3 N–H and O–H groups in total. The van der Waals surface area contributed by atoms with Crippen molar-refractivity contribution in [2.75, 3.05) is 5.75 Å². The predicted molar refractivity (Wildman–Crippen MR) is 83.9 cm³/mol. The van der Waals surface area contributed by atoms with Crippen molar-refractivity contribution in [2.24, 2.45) is 11.7 Å². The molecule has 110 valence electrons. The normalized spacial score (nSPS) is 25.8.